The van der Waals surface area contributed by atoms with Crippen molar-refractivity contribution < 1.29 is 23.1 Å². The summed E-state index contributed by atoms with van der Waals surface area (Å²) in [6.07, 6.45) is 0. The third kappa shape index (κ3) is 4.44. The lowest BCUT2D eigenvalue weighted by Gasteiger charge is -2.16. The predicted octanol–water partition coefficient (Wildman–Crippen LogP) is 1.96. The van der Waals surface area contributed by atoms with Crippen molar-refractivity contribution in [2.75, 3.05) is 13.7 Å². The van der Waals surface area contributed by atoms with Crippen molar-refractivity contribution in [1.82, 2.24) is 4.72 Å². The minimum Gasteiger partial charge on any atom is -0.496 e. The Bertz CT molecular complexity index is 610. The first kappa shape index (κ1) is 17.5. The first-order chi connectivity index (χ1) is 9.69. The normalized spacial score (nSPS) is 13.2. The lowest BCUT2D eigenvalue weighted by Crippen LogP contribution is -2.30. The summed E-state index contributed by atoms with van der Waals surface area (Å²) in [4.78, 5) is 11.0. The summed E-state index contributed by atoms with van der Waals surface area (Å²) < 4.78 is 31.8. The van der Waals surface area contributed by atoms with Crippen LogP contribution < -0.4 is 9.46 Å². The molecule has 1 atom stereocenters. The van der Waals surface area contributed by atoms with E-state index in [1.165, 1.54) is 19.2 Å². The van der Waals surface area contributed by atoms with E-state index in [1.807, 2.05) is 20.8 Å². The molecule has 0 aliphatic carbocycles. The molecule has 1 unspecified atom stereocenters. The largest absolute Gasteiger partial charge is 0.496 e. The van der Waals surface area contributed by atoms with Crippen LogP contribution in [0.3, 0.4) is 0 Å². The third-order valence-electron chi connectivity index (χ3n) is 3.45. The highest BCUT2D eigenvalue weighted by Crippen LogP contribution is 2.22. The fourth-order valence-corrected chi connectivity index (χ4v) is 2.75. The number of sulfonamides is 1. The van der Waals surface area contributed by atoms with Gasteiger partial charge in [-0.25, -0.2) is 17.9 Å². The Morgan fingerprint density at radius 3 is 2.43 bits per heavy atom. The summed E-state index contributed by atoms with van der Waals surface area (Å²) in [5.74, 6) is -0.591. The zero-order valence-electron chi connectivity index (χ0n) is 12.6. The van der Waals surface area contributed by atoms with Gasteiger partial charge in [-0.15, -0.1) is 0 Å². The van der Waals surface area contributed by atoms with Gasteiger partial charge in [0.15, 0.2) is 0 Å². The quantitative estimate of drug-likeness (QED) is 0.802. The number of benzene rings is 1. The van der Waals surface area contributed by atoms with Crippen molar-refractivity contribution in [2.24, 2.45) is 11.8 Å². The molecule has 1 aromatic rings. The molecule has 0 aromatic heterocycles. The van der Waals surface area contributed by atoms with Crippen LogP contribution in [-0.4, -0.2) is 33.1 Å². The van der Waals surface area contributed by atoms with E-state index >= 15 is 0 Å². The van der Waals surface area contributed by atoms with E-state index in [2.05, 4.69) is 4.72 Å². The van der Waals surface area contributed by atoms with Crippen LogP contribution in [0.5, 0.6) is 5.75 Å². The number of hydrogen-bond donors (Lipinski definition) is 2. The second-order valence-electron chi connectivity index (χ2n) is 5.24. The second-order valence-corrected chi connectivity index (χ2v) is 7.01. The first-order valence-corrected chi connectivity index (χ1v) is 8.08. The number of hydrogen-bond acceptors (Lipinski definition) is 4. The molecule has 6 nitrogen and oxygen atoms in total. The summed E-state index contributed by atoms with van der Waals surface area (Å²) in [6, 6.07) is 3.76. The van der Waals surface area contributed by atoms with Crippen LogP contribution in [0.4, 0.5) is 0 Å². The van der Waals surface area contributed by atoms with Gasteiger partial charge in [-0.05, 0) is 30.0 Å². The lowest BCUT2D eigenvalue weighted by atomic mass is 9.99. The summed E-state index contributed by atoms with van der Waals surface area (Å²) in [5, 5.41) is 9.08. The Kier molecular flexibility index (Phi) is 5.74. The molecular weight excluding hydrogens is 294 g/mol. The van der Waals surface area contributed by atoms with Gasteiger partial charge in [0.2, 0.25) is 10.0 Å². The van der Waals surface area contributed by atoms with Crippen LogP contribution in [0, 0.1) is 11.8 Å². The number of ether oxygens (including phenoxy) is 1. The molecule has 0 spiro atoms. The highest BCUT2D eigenvalue weighted by molar-refractivity contribution is 7.89. The van der Waals surface area contributed by atoms with E-state index < -0.39 is 16.0 Å². The van der Waals surface area contributed by atoms with Gasteiger partial charge < -0.3 is 9.84 Å². The molecule has 7 heteroatoms. The van der Waals surface area contributed by atoms with Crippen LogP contribution >= 0.6 is 0 Å². The molecule has 0 radical (unpaired) electrons. The Hall–Kier alpha value is -1.60. The van der Waals surface area contributed by atoms with Crippen molar-refractivity contribution in [2.45, 2.75) is 25.7 Å². The average molecular weight is 315 g/mol. The van der Waals surface area contributed by atoms with Crippen molar-refractivity contribution in [3.63, 3.8) is 0 Å². The molecule has 2 N–H and O–H groups in total. The van der Waals surface area contributed by atoms with Crippen LogP contribution in [-0.2, 0) is 10.0 Å². The van der Waals surface area contributed by atoms with Gasteiger partial charge in [0.25, 0.3) is 0 Å². The zero-order chi connectivity index (χ0) is 16.2. The van der Waals surface area contributed by atoms with E-state index in [0.717, 1.165) is 6.07 Å². The van der Waals surface area contributed by atoms with E-state index in [9.17, 15) is 13.2 Å². The van der Waals surface area contributed by atoms with Gasteiger partial charge in [0, 0.05) is 6.54 Å². The molecule has 0 bridgehead atoms. The number of carboxylic acid groups (broad SMARTS) is 1. The molecule has 1 aromatic carbocycles. The van der Waals surface area contributed by atoms with Gasteiger partial charge in [-0.3, -0.25) is 0 Å². The molecule has 0 amide bonds. The van der Waals surface area contributed by atoms with E-state index in [1.54, 1.807) is 0 Å². The third-order valence-corrected chi connectivity index (χ3v) is 4.87. The van der Waals surface area contributed by atoms with Gasteiger partial charge in [-0.2, -0.15) is 0 Å². The zero-order valence-corrected chi connectivity index (χ0v) is 13.4. The predicted molar refractivity (Wildman–Crippen MR) is 79.1 cm³/mol. The fraction of sp³-hybridized carbons (Fsp3) is 0.500. The van der Waals surface area contributed by atoms with Gasteiger partial charge >= 0.3 is 5.97 Å². The number of carboxylic acids is 1. The van der Waals surface area contributed by atoms with Crippen molar-refractivity contribution in [3.05, 3.63) is 23.8 Å². The SMILES string of the molecule is COc1ccc(S(=O)(=O)NCC(C)C(C)C)cc1C(=O)O. The standard InChI is InChI=1S/C14H21NO5S/c1-9(2)10(3)8-15-21(18,19)11-5-6-13(20-4)12(7-11)14(16)17/h5-7,9-10,15H,8H2,1-4H3,(H,16,17). The first-order valence-electron chi connectivity index (χ1n) is 6.60. The minimum absolute atomic E-state index is 0.0864. The van der Waals surface area contributed by atoms with Crippen molar-refractivity contribution in [1.29, 1.82) is 0 Å². The molecule has 0 saturated heterocycles. The Balaban J connectivity index is 3.04. The monoisotopic (exact) mass is 315 g/mol. The molecular formula is C14H21NO5S. The molecule has 0 aliphatic heterocycles. The summed E-state index contributed by atoms with van der Waals surface area (Å²) in [6.45, 7) is 6.27. The fourth-order valence-electron chi connectivity index (χ4n) is 1.58. The highest BCUT2D eigenvalue weighted by atomic mass is 32.2. The van der Waals surface area contributed by atoms with Gasteiger partial charge in [0.1, 0.15) is 11.3 Å². The number of aromatic carboxylic acids is 1. The number of methoxy groups -OCH3 is 1. The summed E-state index contributed by atoms with van der Waals surface area (Å²) >= 11 is 0. The topological polar surface area (TPSA) is 92.7 Å². The minimum atomic E-state index is -3.74. The van der Waals surface area contributed by atoms with Gasteiger partial charge in [-0.1, -0.05) is 20.8 Å². The molecule has 1 rings (SSSR count). The highest BCUT2D eigenvalue weighted by Gasteiger charge is 2.20. The number of carbonyl (C=O) groups is 1. The van der Waals surface area contributed by atoms with E-state index in [4.69, 9.17) is 9.84 Å². The van der Waals surface area contributed by atoms with E-state index in [-0.39, 0.29) is 22.1 Å². The van der Waals surface area contributed by atoms with Crippen LogP contribution in [0.15, 0.2) is 23.1 Å². The number of rotatable bonds is 7. The number of nitrogens with one attached hydrogen (secondary N) is 1. The molecule has 0 fully saturated rings. The molecule has 0 saturated carbocycles. The Morgan fingerprint density at radius 2 is 1.95 bits per heavy atom. The molecule has 21 heavy (non-hydrogen) atoms. The maximum Gasteiger partial charge on any atom is 0.339 e. The average Bonchev–Trinajstić information content (AvgIpc) is 2.43. The van der Waals surface area contributed by atoms with Crippen molar-refractivity contribution in [3.8, 4) is 5.75 Å². The van der Waals surface area contributed by atoms with Crippen LogP contribution in [0.2, 0.25) is 0 Å². The van der Waals surface area contributed by atoms with Crippen molar-refractivity contribution >= 4 is 16.0 Å². The lowest BCUT2D eigenvalue weighted by molar-refractivity contribution is 0.0693. The maximum atomic E-state index is 12.2. The molecule has 0 heterocycles. The summed E-state index contributed by atoms with van der Waals surface area (Å²) in [5.41, 5.74) is -0.183. The van der Waals surface area contributed by atoms with Gasteiger partial charge in [0.05, 0.1) is 12.0 Å². The van der Waals surface area contributed by atoms with Crippen LogP contribution in [0.1, 0.15) is 31.1 Å². The summed E-state index contributed by atoms with van der Waals surface area (Å²) in [7, 11) is -2.41. The second kappa shape index (κ2) is 6.91. The Labute approximate surface area is 125 Å². The van der Waals surface area contributed by atoms with Crippen LogP contribution in [0.25, 0.3) is 0 Å². The van der Waals surface area contributed by atoms with E-state index in [0.29, 0.717) is 12.5 Å². The Morgan fingerprint density at radius 1 is 1.33 bits per heavy atom. The maximum absolute atomic E-state index is 12.2. The molecule has 0 aliphatic rings. The smallest absolute Gasteiger partial charge is 0.339 e. The molecule has 118 valence electrons.